The predicted octanol–water partition coefficient (Wildman–Crippen LogP) is 0.457. The molecule has 0 aliphatic rings. The zero-order valence-electron chi connectivity index (χ0n) is 31.3. The number of amides is 6. The van der Waals surface area contributed by atoms with E-state index >= 15 is 0 Å². The van der Waals surface area contributed by atoms with Gasteiger partial charge in [0.05, 0.1) is 52.3 Å². The maximum Gasteiger partial charge on any atom is 0.407 e. The lowest BCUT2D eigenvalue weighted by atomic mass is 10.0. The third kappa shape index (κ3) is 20.4. The molecule has 0 bridgehead atoms. The fourth-order valence-electron chi connectivity index (χ4n) is 4.72. The van der Waals surface area contributed by atoms with Crippen molar-refractivity contribution in [2.75, 3.05) is 58.1 Å². The third-order valence-electron chi connectivity index (χ3n) is 7.32. The average molecular weight is 765 g/mol. The topological polar surface area (TPSA) is 274 Å². The average Bonchev–Trinajstić information content (AvgIpc) is 3.59. The largest absolute Gasteiger partial charge is 0.445 e. The van der Waals surface area contributed by atoms with Crippen LogP contribution in [0, 0.1) is 5.92 Å². The van der Waals surface area contributed by atoms with E-state index in [-0.39, 0.29) is 32.0 Å². The fraction of sp³-hybridized carbons (Fsp3) is 0.618. The van der Waals surface area contributed by atoms with Crippen LogP contribution in [0.3, 0.4) is 0 Å². The van der Waals surface area contributed by atoms with E-state index in [0.717, 1.165) is 13.0 Å². The molecule has 0 radical (unpaired) electrons. The third-order valence-corrected chi connectivity index (χ3v) is 7.32. The second-order valence-electron chi connectivity index (χ2n) is 12.5. The van der Waals surface area contributed by atoms with Crippen molar-refractivity contribution >= 4 is 35.5 Å². The molecule has 302 valence electrons. The van der Waals surface area contributed by atoms with E-state index in [1.165, 1.54) is 0 Å². The van der Waals surface area contributed by atoms with Crippen LogP contribution < -0.4 is 38.2 Å². The van der Waals surface area contributed by atoms with Crippen LogP contribution in [0.4, 0.5) is 15.3 Å². The number of rotatable bonds is 28. The number of nitrogens with one attached hydrogen (secondary N) is 5. The minimum Gasteiger partial charge on any atom is -0.445 e. The van der Waals surface area contributed by atoms with Gasteiger partial charge in [0.15, 0.2) is 0 Å². The molecule has 1 heterocycles. The van der Waals surface area contributed by atoms with E-state index in [1.807, 2.05) is 13.8 Å². The molecule has 2 aromatic rings. The maximum absolute atomic E-state index is 13.3. The molecule has 0 aliphatic carbocycles. The molecule has 9 N–H and O–H groups in total. The smallest absolute Gasteiger partial charge is 0.407 e. The predicted molar refractivity (Wildman–Crippen MR) is 195 cm³/mol. The highest BCUT2D eigenvalue weighted by Gasteiger charge is 2.27. The van der Waals surface area contributed by atoms with Gasteiger partial charge in [-0.2, -0.15) is 0 Å². The zero-order chi connectivity index (χ0) is 39.6. The lowest BCUT2D eigenvalue weighted by Crippen LogP contribution is -2.53. The second-order valence-corrected chi connectivity index (χ2v) is 12.5. The van der Waals surface area contributed by atoms with Gasteiger partial charge in [-0.05, 0) is 49.3 Å². The Labute approximate surface area is 315 Å². The summed E-state index contributed by atoms with van der Waals surface area (Å²) in [5, 5.41) is 21.2. The van der Waals surface area contributed by atoms with E-state index in [2.05, 4.69) is 48.7 Å². The molecule has 0 saturated heterocycles. The molecular weight excluding hydrogens is 708 g/mol. The number of benzene rings is 1. The summed E-state index contributed by atoms with van der Waals surface area (Å²) in [6.45, 7) is 9.30. The van der Waals surface area contributed by atoms with Crippen molar-refractivity contribution in [1.82, 2.24) is 36.3 Å². The van der Waals surface area contributed by atoms with Gasteiger partial charge < -0.3 is 51.3 Å². The molecule has 2 rings (SSSR count). The van der Waals surface area contributed by atoms with Crippen LogP contribution in [-0.4, -0.2) is 110 Å². The van der Waals surface area contributed by atoms with E-state index in [0.29, 0.717) is 69.4 Å². The van der Waals surface area contributed by atoms with Crippen LogP contribution in [0.15, 0.2) is 30.5 Å². The highest BCUT2D eigenvalue weighted by atomic mass is 16.6. The quantitative estimate of drug-likeness (QED) is 0.0459. The minimum absolute atomic E-state index is 0.0384. The summed E-state index contributed by atoms with van der Waals surface area (Å²) in [6, 6.07) is 3.90. The summed E-state index contributed by atoms with van der Waals surface area (Å²) < 4.78 is 23.2. The monoisotopic (exact) mass is 764 g/mol. The molecule has 1 aromatic heterocycles. The van der Waals surface area contributed by atoms with Crippen molar-refractivity contribution in [2.45, 2.75) is 78.2 Å². The molecule has 0 unspecified atom stereocenters. The number of carbonyl (C=O) groups excluding carboxylic acids is 5. The molecule has 0 fully saturated rings. The first kappa shape index (κ1) is 45.3. The van der Waals surface area contributed by atoms with Crippen LogP contribution in [-0.2, 0) is 57.9 Å². The van der Waals surface area contributed by atoms with Gasteiger partial charge in [-0.15, -0.1) is 5.10 Å². The molecular formula is C34H56N10O10. The van der Waals surface area contributed by atoms with E-state index < -0.39 is 48.5 Å². The number of urea groups is 1. The van der Waals surface area contributed by atoms with Gasteiger partial charge in [0.25, 0.3) is 0 Å². The van der Waals surface area contributed by atoms with Gasteiger partial charge in [-0.25, -0.2) is 20.2 Å². The molecule has 0 saturated carbocycles. The molecule has 0 spiro atoms. The van der Waals surface area contributed by atoms with Gasteiger partial charge in [0, 0.05) is 18.8 Å². The Kier molecular flexibility index (Phi) is 22.5. The van der Waals surface area contributed by atoms with Crippen LogP contribution in [0.25, 0.3) is 0 Å². The van der Waals surface area contributed by atoms with Crippen LogP contribution >= 0.6 is 0 Å². The number of hydrogen-bond acceptors (Lipinski definition) is 13. The van der Waals surface area contributed by atoms with Crippen molar-refractivity contribution in [1.29, 1.82) is 0 Å². The van der Waals surface area contributed by atoms with Gasteiger partial charge in [0.1, 0.15) is 31.0 Å². The Morgan fingerprint density at radius 2 is 1.56 bits per heavy atom. The number of nitrogens with zero attached hydrogens (tertiary/aromatic N) is 3. The first-order valence-corrected chi connectivity index (χ1v) is 17.9. The Morgan fingerprint density at radius 3 is 2.20 bits per heavy atom. The molecule has 20 nitrogen and oxygen atoms in total. The van der Waals surface area contributed by atoms with Crippen molar-refractivity contribution < 1.29 is 47.8 Å². The van der Waals surface area contributed by atoms with Crippen molar-refractivity contribution in [3.63, 3.8) is 0 Å². The number of carbonyl (C=O) groups is 5. The van der Waals surface area contributed by atoms with Crippen molar-refractivity contribution in [3.8, 4) is 0 Å². The molecule has 54 heavy (non-hydrogen) atoms. The Hall–Kier alpha value is -4.89. The standard InChI is InChI=1S/C34H56N10O10/c1-4-13-50-15-17-52-18-16-51-14-12-44-21-27(42-43-44)20-38-34(49)53-22-25-7-9-26(10-8-25)39-31(46)28(6-5-11-37-33(35)48)41-32(47)29(19-24(2)3)40-30(45)23-54-36/h7-10,21,24,28-29H,4-6,11-20,22-23,36H2,1-3H3,(H,38,49)(H,39,46)(H,40,45)(H,41,47)(H3,35,37,48)/t28-,29-/m0/s1. The SMILES string of the molecule is CCCOCCOCCOCCn1cc(CNC(=O)OCc2ccc(NC(=O)[C@H](CCCNC(N)=O)NC(=O)[C@H](CC(C)C)NC(=O)CON)cc2)nn1. The molecule has 6 amide bonds. The van der Waals surface area contributed by atoms with Crippen LogP contribution in [0.2, 0.25) is 0 Å². The number of primary amides is 1. The lowest BCUT2D eigenvalue weighted by Gasteiger charge is -2.24. The molecule has 20 heteroatoms. The highest BCUT2D eigenvalue weighted by molar-refractivity contribution is 5.98. The summed E-state index contributed by atoms with van der Waals surface area (Å²) in [7, 11) is 0. The zero-order valence-corrected chi connectivity index (χ0v) is 31.3. The van der Waals surface area contributed by atoms with Gasteiger partial charge in [-0.1, -0.05) is 38.1 Å². The van der Waals surface area contributed by atoms with Crippen LogP contribution in [0.5, 0.6) is 0 Å². The Bertz CT molecular complexity index is 1410. The molecule has 2 atom stereocenters. The summed E-state index contributed by atoms with van der Waals surface area (Å²) in [5.41, 5.74) is 6.75. The van der Waals surface area contributed by atoms with Crippen molar-refractivity contribution in [3.05, 3.63) is 41.7 Å². The van der Waals surface area contributed by atoms with Gasteiger partial charge >= 0.3 is 12.1 Å². The van der Waals surface area contributed by atoms with E-state index in [1.54, 1.807) is 35.1 Å². The van der Waals surface area contributed by atoms with Crippen molar-refractivity contribution in [2.24, 2.45) is 17.5 Å². The summed E-state index contributed by atoms with van der Waals surface area (Å²) in [4.78, 5) is 66.3. The van der Waals surface area contributed by atoms with Crippen LogP contribution in [0.1, 0.15) is 57.7 Å². The van der Waals surface area contributed by atoms with Gasteiger partial charge in [0.2, 0.25) is 17.7 Å². The number of aromatic nitrogens is 3. The highest BCUT2D eigenvalue weighted by Crippen LogP contribution is 2.13. The minimum atomic E-state index is -1.02. The summed E-state index contributed by atoms with van der Waals surface area (Å²) in [5.74, 6) is 3.34. The van der Waals surface area contributed by atoms with Gasteiger partial charge in [-0.3, -0.25) is 19.2 Å². The number of hydrogen-bond donors (Lipinski definition) is 7. The number of anilines is 1. The number of ether oxygens (including phenoxy) is 4. The normalized spacial score (nSPS) is 12.1. The van der Waals surface area contributed by atoms with E-state index in [9.17, 15) is 24.0 Å². The number of nitrogens with two attached hydrogens (primary N) is 2. The lowest BCUT2D eigenvalue weighted by molar-refractivity contribution is -0.133. The molecule has 1 aromatic carbocycles. The summed E-state index contributed by atoms with van der Waals surface area (Å²) >= 11 is 0. The van der Waals surface area contributed by atoms with E-state index in [4.69, 9.17) is 30.6 Å². The Morgan fingerprint density at radius 1 is 0.870 bits per heavy atom. The maximum atomic E-state index is 13.3. The Balaban J connectivity index is 1.81. The number of alkyl carbamates (subject to hydrolysis) is 1. The summed E-state index contributed by atoms with van der Waals surface area (Å²) in [6.07, 6.45) is 2.80. The second kappa shape index (κ2) is 26.8. The first-order chi connectivity index (χ1) is 26.0. The first-order valence-electron chi connectivity index (χ1n) is 17.9. The fourth-order valence-corrected chi connectivity index (χ4v) is 4.72. The molecule has 0 aliphatic heterocycles.